The van der Waals surface area contributed by atoms with E-state index in [1.165, 1.54) is 23.2 Å². The Hall–Kier alpha value is -4.66. The maximum absolute atomic E-state index is 12.9. The minimum atomic E-state index is -1.25. The van der Waals surface area contributed by atoms with Gasteiger partial charge in [0.1, 0.15) is 5.57 Å². The van der Waals surface area contributed by atoms with Crippen LogP contribution in [-0.4, -0.2) is 38.5 Å². The van der Waals surface area contributed by atoms with E-state index >= 15 is 0 Å². The quantitative estimate of drug-likeness (QED) is 0.409. The number of aromatic carboxylic acids is 2. The third kappa shape index (κ3) is 3.87. The van der Waals surface area contributed by atoms with Gasteiger partial charge >= 0.3 is 11.9 Å². The molecule has 1 fully saturated rings. The molecule has 0 bridgehead atoms. The molecule has 0 radical (unpaired) electrons. The fourth-order valence-electron chi connectivity index (χ4n) is 3.79. The van der Waals surface area contributed by atoms with Crippen molar-refractivity contribution in [1.82, 2.24) is 9.99 Å². The van der Waals surface area contributed by atoms with Crippen LogP contribution in [0.25, 0.3) is 11.8 Å². The van der Waals surface area contributed by atoms with Crippen LogP contribution in [-0.2, 0) is 9.59 Å². The van der Waals surface area contributed by atoms with Gasteiger partial charge < -0.3 is 14.8 Å². The maximum Gasteiger partial charge on any atom is 0.335 e. The molecular formula is C24H19N3O6. The van der Waals surface area contributed by atoms with Crippen LogP contribution in [0.5, 0.6) is 0 Å². The number of carboxylic acid groups (broad SMARTS) is 2. The summed E-state index contributed by atoms with van der Waals surface area (Å²) in [5.41, 5.74) is 4.88. The van der Waals surface area contributed by atoms with Crippen LogP contribution < -0.4 is 10.4 Å². The molecule has 9 heteroatoms. The number of hydrogen-bond acceptors (Lipinski definition) is 4. The van der Waals surface area contributed by atoms with Crippen LogP contribution in [0.2, 0.25) is 0 Å². The number of anilines is 1. The first kappa shape index (κ1) is 21.6. The Morgan fingerprint density at radius 3 is 2.06 bits per heavy atom. The van der Waals surface area contributed by atoms with Crippen molar-refractivity contribution in [2.75, 3.05) is 5.01 Å². The summed E-state index contributed by atoms with van der Waals surface area (Å²) < 4.78 is 1.68. The number of hydrazine groups is 1. The van der Waals surface area contributed by atoms with Crippen LogP contribution >= 0.6 is 0 Å². The van der Waals surface area contributed by atoms with Crippen LogP contribution in [0.3, 0.4) is 0 Å². The lowest BCUT2D eigenvalue weighted by Crippen LogP contribution is -2.35. The number of hydrogen-bond donors (Lipinski definition) is 3. The molecule has 166 valence electrons. The molecule has 3 aromatic rings. The van der Waals surface area contributed by atoms with Gasteiger partial charge in [-0.3, -0.25) is 15.0 Å². The maximum atomic E-state index is 12.9. The largest absolute Gasteiger partial charge is 0.478 e. The van der Waals surface area contributed by atoms with Crippen molar-refractivity contribution in [2.24, 2.45) is 0 Å². The molecule has 0 saturated carbocycles. The first-order chi connectivity index (χ1) is 15.7. The Bertz CT molecular complexity index is 1320. The standard InChI is InChI=1S/C24H19N3O6/c1-13-8-15(12-20-21(28)25-27(22(20)29)18-6-4-3-5-7-18)14(2)26(13)19-10-16(23(30)31)9-17(11-19)24(32)33/h3-12H,1-2H3,(H,25,28)(H,30,31)(H,32,33)/b20-12-. The van der Waals surface area contributed by atoms with Crippen molar-refractivity contribution in [3.05, 3.63) is 88.2 Å². The number of carbonyl (C=O) groups is 4. The van der Waals surface area contributed by atoms with E-state index in [1.54, 1.807) is 54.8 Å². The number of amides is 2. The molecule has 4 rings (SSSR count). The molecule has 9 nitrogen and oxygen atoms in total. The second-order valence-electron chi connectivity index (χ2n) is 7.52. The van der Waals surface area contributed by atoms with E-state index in [0.29, 0.717) is 28.3 Å². The third-order valence-corrected chi connectivity index (χ3v) is 5.35. The molecular weight excluding hydrogens is 426 g/mol. The van der Waals surface area contributed by atoms with Gasteiger partial charge in [-0.25, -0.2) is 14.6 Å². The molecule has 1 saturated heterocycles. The van der Waals surface area contributed by atoms with E-state index in [2.05, 4.69) is 5.43 Å². The second-order valence-corrected chi connectivity index (χ2v) is 7.52. The van der Waals surface area contributed by atoms with Gasteiger partial charge in [-0.2, -0.15) is 0 Å². The third-order valence-electron chi connectivity index (χ3n) is 5.35. The monoisotopic (exact) mass is 445 g/mol. The topological polar surface area (TPSA) is 129 Å². The summed E-state index contributed by atoms with van der Waals surface area (Å²) in [6.07, 6.45) is 1.47. The summed E-state index contributed by atoms with van der Waals surface area (Å²) in [4.78, 5) is 48.3. The number of carbonyl (C=O) groups excluding carboxylic acids is 2. The fourth-order valence-corrected chi connectivity index (χ4v) is 3.79. The van der Waals surface area contributed by atoms with E-state index in [9.17, 15) is 29.4 Å². The predicted octanol–water partition coefficient (Wildman–Crippen LogP) is 2.95. The minimum absolute atomic E-state index is 0.0513. The molecule has 2 heterocycles. The van der Waals surface area contributed by atoms with Crippen molar-refractivity contribution in [1.29, 1.82) is 0 Å². The lowest BCUT2D eigenvalue weighted by atomic mass is 10.1. The molecule has 0 spiro atoms. The van der Waals surface area contributed by atoms with E-state index in [-0.39, 0.29) is 16.7 Å². The number of benzene rings is 2. The Morgan fingerprint density at radius 2 is 1.48 bits per heavy atom. The first-order valence-corrected chi connectivity index (χ1v) is 9.90. The molecule has 2 amide bonds. The fraction of sp³-hybridized carbons (Fsp3) is 0.0833. The van der Waals surface area contributed by atoms with Gasteiger partial charge in [0, 0.05) is 17.1 Å². The van der Waals surface area contributed by atoms with E-state index in [0.717, 1.165) is 6.07 Å². The SMILES string of the molecule is Cc1cc(/C=C2/C(=O)NN(c3ccccc3)C2=O)c(C)n1-c1cc(C(=O)O)cc(C(=O)O)c1. The molecule has 0 atom stereocenters. The average molecular weight is 445 g/mol. The minimum Gasteiger partial charge on any atom is -0.478 e. The summed E-state index contributed by atoms with van der Waals surface area (Å²) >= 11 is 0. The zero-order chi connectivity index (χ0) is 23.9. The van der Waals surface area contributed by atoms with Gasteiger partial charge in [0.25, 0.3) is 11.8 Å². The van der Waals surface area contributed by atoms with Crippen molar-refractivity contribution in [3.63, 3.8) is 0 Å². The molecule has 0 unspecified atom stereocenters. The molecule has 1 aliphatic rings. The lowest BCUT2D eigenvalue weighted by molar-refractivity contribution is -0.117. The number of rotatable bonds is 5. The van der Waals surface area contributed by atoms with E-state index < -0.39 is 23.8 Å². The lowest BCUT2D eigenvalue weighted by Gasteiger charge is -2.13. The average Bonchev–Trinajstić information content (AvgIpc) is 3.23. The van der Waals surface area contributed by atoms with E-state index in [1.807, 2.05) is 0 Å². The number of nitrogens with one attached hydrogen (secondary N) is 1. The highest BCUT2D eigenvalue weighted by molar-refractivity contribution is 6.31. The summed E-state index contributed by atoms with van der Waals surface area (Å²) in [5.74, 6) is -3.55. The van der Waals surface area contributed by atoms with Gasteiger partial charge in [-0.1, -0.05) is 18.2 Å². The molecule has 2 aromatic carbocycles. The van der Waals surface area contributed by atoms with Crippen LogP contribution in [0.4, 0.5) is 5.69 Å². The number of nitrogens with zero attached hydrogens (tertiary/aromatic N) is 2. The zero-order valence-electron chi connectivity index (χ0n) is 17.7. The van der Waals surface area contributed by atoms with Crippen molar-refractivity contribution in [3.8, 4) is 5.69 Å². The number of carboxylic acids is 2. The van der Waals surface area contributed by atoms with Crippen molar-refractivity contribution >= 4 is 35.5 Å². The summed E-state index contributed by atoms with van der Waals surface area (Å²) in [6, 6.07) is 14.3. The van der Waals surface area contributed by atoms with Gasteiger partial charge in [0.2, 0.25) is 0 Å². The van der Waals surface area contributed by atoms with Gasteiger partial charge in [0.15, 0.2) is 0 Å². The normalized spacial score (nSPS) is 14.6. The van der Waals surface area contributed by atoms with Crippen LogP contribution in [0.15, 0.2) is 60.2 Å². The zero-order valence-corrected chi connectivity index (χ0v) is 17.7. The molecule has 1 aliphatic heterocycles. The number of aromatic nitrogens is 1. The van der Waals surface area contributed by atoms with Crippen molar-refractivity contribution in [2.45, 2.75) is 13.8 Å². The Labute approximate surface area is 188 Å². The first-order valence-electron chi connectivity index (χ1n) is 9.90. The van der Waals surface area contributed by atoms with Crippen LogP contribution in [0.1, 0.15) is 37.7 Å². The highest BCUT2D eigenvalue weighted by atomic mass is 16.4. The molecule has 3 N–H and O–H groups in total. The highest BCUT2D eigenvalue weighted by Gasteiger charge is 2.34. The number of para-hydroxylation sites is 1. The summed E-state index contributed by atoms with van der Waals surface area (Å²) in [6.45, 7) is 3.50. The van der Waals surface area contributed by atoms with E-state index in [4.69, 9.17) is 0 Å². The van der Waals surface area contributed by atoms with Gasteiger partial charge in [-0.05, 0) is 61.9 Å². The summed E-state index contributed by atoms with van der Waals surface area (Å²) in [5, 5.41) is 19.9. The predicted molar refractivity (Wildman–Crippen MR) is 119 cm³/mol. The second kappa shape index (κ2) is 8.12. The van der Waals surface area contributed by atoms with Crippen LogP contribution in [0, 0.1) is 13.8 Å². The van der Waals surface area contributed by atoms with Gasteiger partial charge in [-0.15, -0.1) is 0 Å². The Morgan fingerprint density at radius 1 is 0.879 bits per heavy atom. The highest BCUT2D eigenvalue weighted by Crippen LogP contribution is 2.27. The molecule has 33 heavy (non-hydrogen) atoms. The Balaban J connectivity index is 1.77. The molecule has 1 aromatic heterocycles. The number of aryl methyl sites for hydroxylation is 1. The van der Waals surface area contributed by atoms with Gasteiger partial charge in [0.05, 0.1) is 16.8 Å². The Kier molecular flexibility index (Phi) is 5.31. The molecule has 0 aliphatic carbocycles. The smallest absolute Gasteiger partial charge is 0.335 e. The summed E-state index contributed by atoms with van der Waals surface area (Å²) in [7, 11) is 0. The van der Waals surface area contributed by atoms with Crippen molar-refractivity contribution < 1.29 is 29.4 Å².